The van der Waals surface area contributed by atoms with Crippen molar-refractivity contribution in [2.75, 3.05) is 10.8 Å². The van der Waals surface area contributed by atoms with Gasteiger partial charge in [-0.05, 0) is 74.6 Å². The summed E-state index contributed by atoms with van der Waals surface area (Å²) in [4.78, 5) is 30.7. The van der Waals surface area contributed by atoms with Gasteiger partial charge in [0, 0.05) is 24.0 Å². The molecule has 4 aromatic rings. The quantitative estimate of drug-likeness (QED) is 0.167. The van der Waals surface area contributed by atoms with Crippen LogP contribution in [0, 0.1) is 20.8 Å². The second-order valence-electron chi connectivity index (χ2n) is 12.8. The summed E-state index contributed by atoms with van der Waals surface area (Å²) >= 11 is 6.50. The fourth-order valence-electron chi connectivity index (χ4n) is 6.32. The van der Waals surface area contributed by atoms with E-state index in [1.807, 2.05) is 68.4 Å². The van der Waals surface area contributed by atoms with Crippen molar-refractivity contribution in [3.05, 3.63) is 130 Å². The standard InChI is InChI=1S/C39H44ClN3O4S/c1-28-20-22-34(23-21-28)48(46,47)43(36-19-11-18-35(40)30(36)3)27-38(44)42(26-32-15-10-12-29(2)24-32)37(25-31-13-6-4-7-14-31)39(45)41-33-16-8-5-9-17-33/h4,6-7,10-15,18-24,33,37H,5,8-9,16-17,25-27H2,1-3H3,(H,41,45). The zero-order valence-electron chi connectivity index (χ0n) is 27.9. The molecule has 1 N–H and O–H groups in total. The van der Waals surface area contributed by atoms with E-state index >= 15 is 0 Å². The first-order valence-corrected chi connectivity index (χ1v) is 18.4. The molecule has 1 aliphatic rings. The lowest BCUT2D eigenvalue weighted by Crippen LogP contribution is -2.55. The number of benzene rings is 4. The second-order valence-corrected chi connectivity index (χ2v) is 15.0. The highest BCUT2D eigenvalue weighted by Crippen LogP contribution is 2.31. The highest BCUT2D eigenvalue weighted by Gasteiger charge is 2.36. The summed E-state index contributed by atoms with van der Waals surface area (Å²) in [7, 11) is -4.22. The van der Waals surface area contributed by atoms with Gasteiger partial charge in [0.25, 0.3) is 10.0 Å². The van der Waals surface area contributed by atoms with Crippen LogP contribution in [-0.2, 0) is 32.6 Å². The molecule has 9 heteroatoms. The zero-order chi connectivity index (χ0) is 34.3. The van der Waals surface area contributed by atoms with E-state index < -0.39 is 28.5 Å². The minimum Gasteiger partial charge on any atom is -0.352 e. The van der Waals surface area contributed by atoms with Gasteiger partial charge in [-0.2, -0.15) is 0 Å². The first-order chi connectivity index (χ1) is 23.0. The van der Waals surface area contributed by atoms with Crippen LogP contribution in [0.15, 0.2) is 102 Å². The van der Waals surface area contributed by atoms with Crippen LogP contribution in [0.5, 0.6) is 0 Å². The molecule has 0 spiro atoms. The van der Waals surface area contributed by atoms with Crippen LogP contribution in [0.2, 0.25) is 5.02 Å². The predicted molar refractivity (Wildman–Crippen MR) is 193 cm³/mol. The molecule has 0 aromatic heterocycles. The van der Waals surface area contributed by atoms with E-state index in [2.05, 4.69) is 5.32 Å². The number of nitrogens with zero attached hydrogens (tertiary/aromatic N) is 2. The summed E-state index contributed by atoms with van der Waals surface area (Å²) in [6, 6.07) is 28.2. The topological polar surface area (TPSA) is 86.8 Å². The summed E-state index contributed by atoms with van der Waals surface area (Å²) < 4.78 is 29.8. The molecule has 48 heavy (non-hydrogen) atoms. The number of hydrogen-bond donors (Lipinski definition) is 1. The number of nitrogens with one attached hydrogen (secondary N) is 1. The van der Waals surface area contributed by atoms with E-state index in [9.17, 15) is 18.0 Å². The van der Waals surface area contributed by atoms with Crippen LogP contribution in [0.4, 0.5) is 5.69 Å². The molecule has 1 atom stereocenters. The number of rotatable bonds is 12. The van der Waals surface area contributed by atoms with Gasteiger partial charge >= 0.3 is 0 Å². The average molecular weight is 686 g/mol. The smallest absolute Gasteiger partial charge is 0.264 e. The van der Waals surface area contributed by atoms with Crippen molar-refractivity contribution in [2.45, 2.75) is 82.8 Å². The highest BCUT2D eigenvalue weighted by molar-refractivity contribution is 7.92. The number of aryl methyl sites for hydroxylation is 2. The van der Waals surface area contributed by atoms with Gasteiger partial charge in [-0.25, -0.2) is 8.42 Å². The third-order valence-electron chi connectivity index (χ3n) is 9.05. The van der Waals surface area contributed by atoms with Crippen molar-refractivity contribution >= 4 is 39.1 Å². The molecule has 0 saturated heterocycles. The third kappa shape index (κ3) is 8.65. The number of sulfonamides is 1. The number of anilines is 1. The average Bonchev–Trinajstić information content (AvgIpc) is 3.07. The molecular weight excluding hydrogens is 642 g/mol. The molecule has 0 heterocycles. The Bertz CT molecular complexity index is 1820. The Hall–Kier alpha value is -4.14. The van der Waals surface area contributed by atoms with Gasteiger partial charge in [-0.15, -0.1) is 0 Å². The molecule has 0 aliphatic heterocycles. The Kier molecular flexibility index (Phi) is 11.6. The number of amides is 2. The SMILES string of the molecule is Cc1ccc(S(=O)(=O)N(CC(=O)N(Cc2cccc(C)c2)C(Cc2ccccc2)C(=O)NC2CCCCC2)c2cccc(Cl)c2C)cc1. The van der Waals surface area contributed by atoms with Gasteiger partial charge < -0.3 is 10.2 Å². The van der Waals surface area contributed by atoms with Gasteiger partial charge in [0.2, 0.25) is 11.8 Å². The summed E-state index contributed by atoms with van der Waals surface area (Å²) in [5.74, 6) is -0.732. The molecule has 0 bridgehead atoms. The van der Waals surface area contributed by atoms with Crippen LogP contribution < -0.4 is 9.62 Å². The molecular formula is C39H44ClN3O4S. The van der Waals surface area contributed by atoms with Gasteiger partial charge in [0.1, 0.15) is 12.6 Å². The maximum atomic E-state index is 14.8. The highest BCUT2D eigenvalue weighted by atomic mass is 35.5. The summed E-state index contributed by atoms with van der Waals surface area (Å²) in [5, 5.41) is 3.64. The number of hydrogen-bond acceptors (Lipinski definition) is 4. The minimum absolute atomic E-state index is 0.0352. The van der Waals surface area contributed by atoms with E-state index in [1.165, 1.54) is 0 Å². The molecule has 4 aromatic carbocycles. The van der Waals surface area contributed by atoms with Crippen LogP contribution in [0.25, 0.3) is 0 Å². The van der Waals surface area contributed by atoms with Crippen molar-refractivity contribution in [1.29, 1.82) is 0 Å². The van der Waals surface area contributed by atoms with Crippen molar-refractivity contribution in [1.82, 2.24) is 10.2 Å². The molecule has 7 nitrogen and oxygen atoms in total. The fourth-order valence-corrected chi connectivity index (χ4v) is 7.96. The Morgan fingerprint density at radius 2 is 1.48 bits per heavy atom. The van der Waals surface area contributed by atoms with Gasteiger partial charge in [0.15, 0.2) is 0 Å². The third-order valence-corrected chi connectivity index (χ3v) is 11.2. The number of carbonyl (C=O) groups excluding carboxylic acids is 2. The summed E-state index contributed by atoms with van der Waals surface area (Å²) in [5.41, 5.74) is 4.51. The summed E-state index contributed by atoms with van der Waals surface area (Å²) in [6.45, 7) is 5.20. The van der Waals surface area contributed by atoms with E-state index in [0.717, 1.165) is 58.7 Å². The van der Waals surface area contributed by atoms with Gasteiger partial charge in [0.05, 0.1) is 10.6 Å². The van der Waals surface area contributed by atoms with Crippen LogP contribution in [0.3, 0.4) is 0 Å². The Balaban J connectivity index is 1.59. The van der Waals surface area contributed by atoms with E-state index in [-0.39, 0.29) is 29.8 Å². The largest absolute Gasteiger partial charge is 0.352 e. The van der Waals surface area contributed by atoms with E-state index in [4.69, 9.17) is 11.6 Å². The first-order valence-electron chi connectivity index (χ1n) is 16.6. The maximum Gasteiger partial charge on any atom is 0.264 e. The Labute approximate surface area is 290 Å². The Morgan fingerprint density at radius 3 is 2.17 bits per heavy atom. The molecule has 2 amide bonds. The predicted octanol–water partition coefficient (Wildman–Crippen LogP) is 7.55. The maximum absolute atomic E-state index is 14.8. The Morgan fingerprint density at radius 1 is 0.812 bits per heavy atom. The lowest BCUT2D eigenvalue weighted by Gasteiger charge is -2.35. The van der Waals surface area contributed by atoms with Gasteiger partial charge in [-0.3, -0.25) is 13.9 Å². The van der Waals surface area contributed by atoms with E-state index in [1.54, 1.807) is 54.3 Å². The fraction of sp³-hybridized carbons (Fsp3) is 0.333. The normalized spacial score (nSPS) is 14.2. The monoisotopic (exact) mass is 685 g/mol. The number of halogens is 1. The van der Waals surface area contributed by atoms with Crippen molar-refractivity contribution in [2.24, 2.45) is 0 Å². The molecule has 1 saturated carbocycles. The zero-order valence-corrected chi connectivity index (χ0v) is 29.4. The summed E-state index contributed by atoms with van der Waals surface area (Å²) in [6.07, 6.45) is 5.30. The van der Waals surface area contributed by atoms with Crippen LogP contribution >= 0.6 is 11.6 Å². The number of carbonyl (C=O) groups is 2. The lowest BCUT2D eigenvalue weighted by molar-refractivity contribution is -0.140. The van der Waals surface area contributed by atoms with E-state index in [0.29, 0.717) is 16.3 Å². The second kappa shape index (κ2) is 15.8. The lowest BCUT2D eigenvalue weighted by atomic mass is 9.94. The molecule has 252 valence electrons. The van der Waals surface area contributed by atoms with Crippen molar-refractivity contribution < 1.29 is 18.0 Å². The molecule has 1 unspecified atom stereocenters. The van der Waals surface area contributed by atoms with Crippen LogP contribution in [0.1, 0.15) is 59.9 Å². The minimum atomic E-state index is -4.22. The van der Waals surface area contributed by atoms with Crippen LogP contribution in [-0.4, -0.2) is 43.8 Å². The molecule has 1 fully saturated rings. The van der Waals surface area contributed by atoms with Crippen molar-refractivity contribution in [3.8, 4) is 0 Å². The molecule has 0 radical (unpaired) electrons. The van der Waals surface area contributed by atoms with Gasteiger partial charge in [-0.1, -0.05) is 115 Å². The molecule has 1 aliphatic carbocycles. The molecule has 5 rings (SSSR count). The van der Waals surface area contributed by atoms with Crippen molar-refractivity contribution in [3.63, 3.8) is 0 Å². The first kappa shape index (κ1) is 35.2.